The molecule has 0 spiro atoms. The number of aliphatic carboxylic acids is 1. The Morgan fingerprint density at radius 2 is 1.75 bits per heavy atom. The summed E-state index contributed by atoms with van der Waals surface area (Å²) in [5.41, 5.74) is 0. The molecule has 0 unspecified atom stereocenters. The van der Waals surface area contributed by atoms with Crippen LogP contribution in [0.15, 0.2) is 0 Å². The number of hydrogen-bond donors (Lipinski definition) is 1. The lowest BCUT2D eigenvalue weighted by atomic mass is 10.2. The zero-order valence-electron chi connectivity index (χ0n) is 9.13. The molecule has 0 radical (unpaired) electrons. The van der Waals surface area contributed by atoms with E-state index < -0.39 is 22.0 Å². The number of rotatable bonds is 3. The third-order valence-corrected chi connectivity index (χ3v) is 5.94. The fraction of sp³-hybridized carbons (Fsp3) is 0.900. The van der Waals surface area contributed by atoms with E-state index in [1.165, 1.54) is 4.31 Å². The Morgan fingerprint density at radius 3 is 2.31 bits per heavy atom. The lowest BCUT2D eigenvalue weighted by Gasteiger charge is -2.24. The predicted molar refractivity (Wildman–Crippen MR) is 58.5 cm³/mol. The molecule has 6 heteroatoms. The summed E-state index contributed by atoms with van der Waals surface area (Å²) in [7, 11) is -3.38. The third kappa shape index (κ3) is 1.96. The van der Waals surface area contributed by atoms with Crippen molar-refractivity contribution in [1.82, 2.24) is 4.31 Å². The molecule has 1 aliphatic carbocycles. The summed E-state index contributed by atoms with van der Waals surface area (Å²) in [4.78, 5) is 11.0. The van der Waals surface area contributed by atoms with Gasteiger partial charge in [0.1, 0.15) is 6.04 Å². The molecule has 1 heterocycles. The van der Waals surface area contributed by atoms with Crippen LogP contribution in [0.2, 0.25) is 0 Å². The van der Waals surface area contributed by atoms with Crippen molar-refractivity contribution in [3.8, 4) is 0 Å². The van der Waals surface area contributed by atoms with E-state index >= 15 is 0 Å². The van der Waals surface area contributed by atoms with E-state index in [1.807, 2.05) is 0 Å². The van der Waals surface area contributed by atoms with E-state index in [-0.39, 0.29) is 5.25 Å². The average molecular weight is 247 g/mol. The van der Waals surface area contributed by atoms with Gasteiger partial charge in [0.05, 0.1) is 5.25 Å². The Hall–Kier alpha value is -0.620. The summed E-state index contributed by atoms with van der Waals surface area (Å²) >= 11 is 0. The average Bonchev–Trinajstić information content (AvgIpc) is 2.89. The molecule has 0 amide bonds. The normalized spacial score (nSPS) is 28.6. The third-order valence-electron chi connectivity index (χ3n) is 3.54. The SMILES string of the molecule is O=C(O)[C@H]1CCCN1S(=O)(=O)C1CCCC1. The first-order valence-corrected chi connectivity index (χ1v) is 7.27. The lowest BCUT2D eigenvalue weighted by Crippen LogP contribution is -2.44. The summed E-state index contributed by atoms with van der Waals surface area (Å²) in [6.45, 7) is 0.371. The van der Waals surface area contributed by atoms with Crippen molar-refractivity contribution in [3.63, 3.8) is 0 Å². The van der Waals surface area contributed by atoms with Gasteiger partial charge in [-0.1, -0.05) is 12.8 Å². The van der Waals surface area contributed by atoms with Crippen molar-refractivity contribution in [2.24, 2.45) is 0 Å². The molecule has 0 aromatic rings. The van der Waals surface area contributed by atoms with Crippen LogP contribution in [0.5, 0.6) is 0 Å². The van der Waals surface area contributed by atoms with Gasteiger partial charge in [-0.15, -0.1) is 0 Å². The topological polar surface area (TPSA) is 74.7 Å². The quantitative estimate of drug-likeness (QED) is 0.800. The summed E-state index contributed by atoms with van der Waals surface area (Å²) < 4.78 is 25.6. The van der Waals surface area contributed by atoms with E-state index in [0.29, 0.717) is 32.2 Å². The first kappa shape index (κ1) is 11.9. The maximum atomic E-state index is 12.2. The Bertz CT molecular complexity index is 372. The number of carboxylic acids is 1. The summed E-state index contributed by atoms with van der Waals surface area (Å²) in [6, 6.07) is -0.828. The van der Waals surface area contributed by atoms with Crippen molar-refractivity contribution in [2.75, 3.05) is 6.54 Å². The summed E-state index contributed by atoms with van der Waals surface area (Å²) in [5.74, 6) is -1.01. The highest BCUT2D eigenvalue weighted by Crippen LogP contribution is 2.31. The van der Waals surface area contributed by atoms with Gasteiger partial charge in [0.15, 0.2) is 0 Å². The van der Waals surface area contributed by atoms with Crippen LogP contribution in [0.1, 0.15) is 38.5 Å². The first-order chi connectivity index (χ1) is 7.53. The highest BCUT2D eigenvalue weighted by Gasteiger charge is 2.42. The Kier molecular flexibility index (Phi) is 3.21. The van der Waals surface area contributed by atoms with Crippen LogP contribution in [-0.2, 0) is 14.8 Å². The minimum Gasteiger partial charge on any atom is -0.480 e. The van der Waals surface area contributed by atoms with Gasteiger partial charge in [-0.05, 0) is 25.7 Å². The van der Waals surface area contributed by atoms with Gasteiger partial charge in [0.25, 0.3) is 0 Å². The molecular formula is C10H17NO4S. The predicted octanol–water partition coefficient (Wildman–Crippen LogP) is 0.808. The van der Waals surface area contributed by atoms with Gasteiger partial charge < -0.3 is 5.11 Å². The van der Waals surface area contributed by atoms with Crippen LogP contribution >= 0.6 is 0 Å². The van der Waals surface area contributed by atoms with Crippen molar-refractivity contribution >= 4 is 16.0 Å². The number of hydrogen-bond acceptors (Lipinski definition) is 3. The number of carbonyl (C=O) groups is 1. The lowest BCUT2D eigenvalue weighted by molar-refractivity contribution is -0.140. The van der Waals surface area contributed by atoms with Crippen molar-refractivity contribution in [1.29, 1.82) is 0 Å². The van der Waals surface area contributed by atoms with E-state index in [4.69, 9.17) is 5.11 Å². The molecule has 92 valence electrons. The molecule has 0 bridgehead atoms. The largest absolute Gasteiger partial charge is 0.480 e. The minimum absolute atomic E-state index is 0.340. The zero-order chi connectivity index (χ0) is 11.8. The van der Waals surface area contributed by atoms with Gasteiger partial charge in [0, 0.05) is 6.54 Å². The number of nitrogens with zero attached hydrogens (tertiary/aromatic N) is 1. The first-order valence-electron chi connectivity index (χ1n) is 5.77. The van der Waals surface area contributed by atoms with Crippen molar-refractivity contribution in [3.05, 3.63) is 0 Å². The zero-order valence-corrected chi connectivity index (χ0v) is 9.95. The van der Waals surface area contributed by atoms with Crippen LogP contribution in [0, 0.1) is 0 Å². The molecule has 1 aliphatic heterocycles. The Balaban J connectivity index is 2.19. The molecular weight excluding hydrogens is 230 g/mol. The molecule has 2 rings (SSSR count). The molecule has 1 saturated carbocycles. The second-order valence-electron chi connectivity index (χ2n) is 4.56. The van der Waals surface area contributed by atoms with Crippen LogP contribution in [0.4, 0.5) is 0 Å². The molecule has 2 fully saturated rings. The Labute approximate surface area is 95.5 Å². The highest BCUT2D eigenvalue weighted by atomic mass is 32.2. The molecule has 1 N–H and O–H groups in total. The maximum Gasteiger partial charge on any atom is 0.322 e. The molecule has 16 heavy (non-hydrogen) atoms. The smallest absolute Gasteiger partial charge is 0.322 e. The van der Waals surface area contributed by atoms with Crippen LogP contribution in [-0.4, -0.2) is 41.6 Å². The fourth-order valence-electron chi connectivity index (χ4n) is 2.67. The minimum atomic E-state index is -3.38. The summed E-state index contributed by atoms with van der Waals surface area (Å²) in [5, 5.41) is 8.64. The van der Waals surface area contributed by atoms with Crippen LogP contribution in [0.25, 0.3) is 0 Å². The highest BCUT2D eigenvalue weighted by molar-refractivity contribution is 7.89. The van der Waals surface area contributed by atoms with Crippen molar-refractivity contribution in [2.45, 2.75) is 49.8 Å². The van der Waals surface area contributed by atoms with E-state index in [2.05, 4.69) is 0 Å². The number of carboxylic acid groups (broad SMARTS) is 1. The fourth-order valence-corrected chi connectivity index (χ4v) is 4.92. The second kappa shape index (κ2) is 4.33. The van der Waals surface area contributed by atoms with Gasteiger partial charge in [-0.3, -0.25) is 4.79 Å². The van der Waals surface area contributed by atoms with Gasteiger partial charge >= 0.3 is 5.97 Å². The van der Waals surface area contributed by atoms with Crippen LogP contribution in [0.3, 0.4) is 0 Å². The van der Waals surface area contributed by atoms with Crippen molar-refractivity contribution < 1.29 is 18.3 Å². The molecule has 0 aromatic carbocycles. The van der Waals surface area contributed by atoms with E-state index in [9.17, 15) is 13.2 Å². The molecule has 1 saturated heterocycles. The standard InChI is InChI=1S/C10H17NO4S/c12-10(13)9-6-3-7-11(9)16(14,15)8-4-1-2-5-8/h8-9H,1-7H2,(H,12,13)/t9-/m1/s1. The molecule has 1 atom stereocenters. The van der Waals surface area contributed by atoms with E-state index in [0.717, 1.165) is 12.8 Å². The second-order valence-corrected chi connectivity index (χ2v) is 6.72. The monoisotopic (exact) mass is 247 g/mol. The number of sulfonamides is 1. The van der Waals surface area contributed by atoms with E-state index in [1.54, 1.807) is 0 Å². The van der Waals surface area contributed by atoms with Crippen LogP contribution < -0.4 is 0 Å². The Morgan fingerprint density at radius 1 is 1.12 bits per heavy atom. The van der Waals surface area contributed by atoms with Gasteiger partial charge in [-0.2, -0.15) is 4.31 Å². The molecule has 5 nitrogen and oxygen atoms in total. The maximum absolute atomic E-state index is 12.2. The van der Waals surface area contributed by atoms with Gasteiger partial charge in [0.2, 0.25) is 10.0 Å². The summed E-state index contributed by atoms with van der Waals surface area (Å²) in [6.07, 6.45) is 4.35. The molecule has 2 aliphatic rings. The van der Waals surface area contributed by atoms with Gasteiger partial charge in [-0.25, -0.2) is 8.42 Å². The molecule has 0 aromatic heterocycles.